The maximum absolute atomic E-state index is 12.6. The number of terminal acetylenes is 1. The molecular formula is C18H15NO2. The van der Waals surface area contributed by atoms with Crippen LogP contribution in [-0.4, -0.2) is 23.3 Å². The van der Waals surface area contributed by atoms with E-state index in [-0.39, 0.29) is 11.8 Å². The molecule has 0 radical (unpaired) electrons. The van der Waals surface area contributed by atoms with Gasteiger partial charge in [0.2, 0.25) is 0 Å². The number of rotatable bonds is 3. The Bertz CT molecular complexity index is 799. The smallest absolute Gasteiger partial charge is 0.261 e. The van der Waals surface area contributed by atoms with Gasteiger partial charge in [-0.05, 0) is 30.0 Å². The van der Waals surface area contributed by atoms with Crippen LogP contribution in [0.3, 0.4) is 0 Å². The number of nitrogens with zero attached hydrogens (tertiary/aromatic N) is 1. The first-order chi connectivity index (χ1) is 10.2. The van der Waals surface area contributed by atoms with Crippen molar-refractivity contribution >= 4 is 22.6 Å². The fourth-order valence-electron chi connectivity index (χ4n) is 2.76. The van der Waals surface area contributed by atoms with E-state index in [2.05, 4.69) is 5.92 Å². The highest BCUT2D eigenvalue weighted by molar-refractivity contribution is 6.25. The van der Waals surface area contributed by atoms with Crippen LogP contribution in [0.1, 0.15) is 46.0 Å². The van der Waals surface area contributed by atoms with E-state index in [1.165, 1.54) is 4.90 Å². The summed E-state index contributed by atoms with van der Waals surface area (Å²) in [6.45, 7) is 2.48. The summed E-state index contributed by atoms with van der Waals surface area (Å²) in [6, 6.07) is 9.03. The predicted molar refractivity (Wildman–Crippen MR) is 82.2 cm³/mol. The van der Waals surface area contributed by atoms with Crippen LogP contribution in [0, 0.1) is 12.3 Å². The molecule has 2 aromatic rings. The summed E-state index contributed by atoms with van der Waals surface area (Å²) < 4.78 is 0. The van der Waals surface area contributed by atoms with Crippen LogP contribution >= 0.6 is 0 Å². The molecule has 3 rings (SSSR count). The molecule has 0 aromatic heterocycles. The van der Waals surface area contributed by atoms with Crippen LogP contribution in [0.2, 0.25) is 0 Å². The normalized spacial score (nSPS) is 13.6. The quantitative estimate of drug-likeness (QED) is 0.638. The van der Waals surface area contributed by atoms with Gasteiger partial charge in [0.15, 0.2) is 0 Å². The highest BCUT2D eigenvalue weighted by Gasteiger charge is 2.32. The third-order valence-corrected chi connectivity index (χ3v) is 3.83. The van der Waals surface area contributed by atoms with Crippen molar-refractivity contribution in [1.29, 1.82) is 0 Å². The third-order valence-electron chi connectivity index (χ3n) is 3.83. The number of imide groups is 1. The summed E-state index contributed by atoms with van der Waals surface area (Å²) in [5.41, 5.74) is 1.78. The van der Waals surface area contributed by atoms with Gasteiger partial charge in [-0.25, -0.2) is 0 Å². The zero-order valence-electron chi connectivity index (χ0n) is 11.8. The molecule has 0 atom stereocenters. The van der Waals surface area contributed by atoms with Gasteiger partial charge in [-0.1, -0.05) is 31.4 Å². The first-order valence-corrected chi connectivity index (χ1v) is 7.07. The fraction of sp³-hybridized carbons (Fsp3) is 0.222. The van der Waals surface area contributed by atoms with Gasteiger partial charge in [-0.15, -0.1) is 6.42 Å². The van der Waals surface area contributed by atoms with Gasteiger partial charge in [-0.3, -0.25) is 14.5 Å². The maximum Gasteiger partial charge on any atom is 0.261 e. The van der Waals surface area contributed by atoms with Crippen molar-refractivity contribution in [3.8, 4) is 12.3 Å². The minimum Gasteiger partial charge on any atom is -0.274 e. The lowest BCUT2D eigenvalue weighted by atomic mass is 9.92. The SMILES string of the molecule is C#Cc1cc2c3c(cccc3c1)C(=O)N(CCCC)C2=O. The predicted octanol–water partition coefficient (Wildman–Crippen LogP) is 3.22. The molecule has 104 valence electrons. The molecule has 0 bridgehead atoms. The second-order valence-corrected chi connectivity index (χ2v) is 5.19. The van der Waals surface area contributed by atoms with Gasteiger partial charge < -0.3 is 0 Å². The van der Waals surface area contributed by atoms with Crippen molar-refractivity contribution in [2.75, 3.05) is 6.54 Å². The number of carbonyl (C=O) groups is 2. The summed E-state index contributed by atoms with van der Waals surface area (Å²) >= 11 is 0. The lowest BCUT2D eigenvalue weighted by Gasteiger charge is -2.27. The van der Waals surface area contributed by atoms with Crippen molar-refractivity contribution in [3.63, 3.8) is 0 Å². The fourth-order valence-corrected chi connectivity index (χ4v) is 2.76. The van der Waals surface area contributed by atoms with Gasteiger partial charge in [0.1, 0.15) is 0 Å². The van der Waals surface area contributed by atoms with E-state index < -0.39 is 0 Å². The van der Waals surface area contributed by atoms with Crippen molar-refractivity contribution < 1.29 is 9.59 Å². The van der Waals surface area contributed by atoms with E-state index in [0.29, 0.717) is 23.2 Å². The molecule has 3 heteroatoms. The molecule has 21 heavy (non-hydrogen) atoms. The lowest BCUT2D eigenvalue weighted by Crippen LogP contribution is -2.40. The van der Waals surface area contributed by atoms with Crippen LogP contribution < -0.4 is 0 Å². The minimum absolute atomic E-state index is 0.208. The standard InChI is InChI=1S/C18H15NO2/c1-3-5-9-19-17(20)14-8-6-7-13-10-12(4-2)11-15(16(13)14)18(19)21/h2,6-8,10-11H,3,5,9H2,1H3. The molecule has 0 saturated heterocycles. The van der Waals surface area contributed by atoms with Crippen LogP contribution in [0.25, 0.3) is 10.8 Å². The molecule has 2 amide bonds. The molecule has 0 aliphatic carbocycles. The largest absolute Gasteiger partial charge is 0.274 e. The van der Waals surface area contributed by atoms with Crippen molar-refractivity contribution in [3.05, 3.63) is 47.0 Å². The topological polar surface area (TPSA) is 37.4 Å². The first kappa shape index (κ1) is 13.4. The molecule has 2 aromatic carbocycles. The second-order valence-electron chi connectivity index (χ2n) is 5.19. The Balaban J connectivity index is 2.25. The van der Waals surface area contributed by atoms with E-state index in [1.54, 1.807) is 12.1 Å². The molecule has 1 aliphatic rings. The average Bonchev–Trinajstić information content (AvgIpc) is 2.51. The third kappa shape index (κ3) is 2.00. The van der Waals surface area contributed by atoms with Crippen LogP contribution in [0.5, 0.6) is 0 Å². The second kappa shape index (κ2) is 5.06. The molecule has 0 saturated carbocycles. The van der Waals surface area contributed by atoms with Crippen LogP contribution in [0.4, 0.5) is 0 Å². The molecule has 1 heterocycles. The number of unbranched alkanes of at least 4 members (excludes halogenated alkanes) is 1. The zero-order valence-corrected chi connectivity index (χ0v) is 11.8. The summed E-state index contributed by atoms with van der Waals surface area (Å²) in [5, 5.41) is 1.56. The van der Waals surface area contributed by atoms with Gasteiger partial charge in [0, 0.05) is 28.6 Å². The highest BCUT2D eigenvalue weighted by atomic mass is 16.2. The number of hydrogen-bond acceptors (Lipinski definition) is 2. The molecule has 0 N–H and O–H groups in total. The number of benzene rings is 2. The minimum atomic E-state index is -0.241. The summed E-state index contributed by atoms with van der Waals surface area (Å²) in [4.78, 5) is 26.5. The van der Waals surface area contributed by atoms with Crippen molar-refractivity contribution in [1.82, 2.24) is 4.90 Å². The van der Waals surface area contributed by atoms with Crippen LogP contribution in [0.15, 0.2) is 30.3 Å². The molecule has 0 spiro atoms. The van der Waals surface area contributed by atoms with Gasteiger partial charge in [-0.2, -0.15) is 0 Å². The zero-order chi connectivity index (χ0) is 15.0. The van der Waals surface area contributed by atoms with E-state index in [1.807, 2.05) is 25.1 Å². The summed E-state index contributed by atoms with van der Waals surface area (Å²) in [7, 11) is 0. The Labute approximate surface area is 123 Å². The van der Waals surface area contributed by atoms with Gasteiger partial charge >= 0.3 is 0 Å². The van der Waals surface area contributed by atoms with E-state index in [9.17, 15) is 9.59 Å². The molecule has 3 nitrogen and oxygen atoms in total. The molecule has 0 fully saturated rings. The van der Waals surface area contributed by atoms with E-state index in [4.69, 9.17) is 6.42 Å². The number of hydrogen-bond donors (Lipinski definition) is 0. The van der Waals surface area contributed by atoms with Gasteiger partial charge in [0.05, 0.1) is 0 Å². The number of amides is 2. The first-order valence-electron chi connectivity index (χ1n) is 7.07. The molecular weight excluding hydrogens is 262 g/mol. The average molecular weight is 277 g/mol. The van der Waals surface area contributed by atoms with E-state index >= 15 is 0 Å². The molecule has 0 unspecified atom stereocenters. The summed E-state index contributed by atoms with van der Waals surface area (Å²) in [5.74, 6) is 2.12. The Hall–Kier alpha value is -2.60. The Morgan fingerprint density at radius 1 is 1.14 bits per heavy atom. The number of carbonyl (C=O) groups excluding carboxylic acids is 2. The lowest BCUT2D eigenvalue weighted by molar-refractivity contribution is 0.0608. The Kier molecular flexibility index (Phi) is 3.23. The van der Waals surface area contributed by atoms with Gasteiger partial charge in [0.25, 0.3) is 11.8 Å². The van der Waals surface area contributed by atoms with E-state index in [0.717, 1.165) is 23.6 Å². The Morgan fingerprint density at radius 2 is 1.90 bits per heavy atom. The maximum atomic E-state index is 12.6. The Morgan fingerprint density at radius 3 is 2.62 bits per heavy atom. The molecule has 1 aliphatic heterocycles. The van der Waals surface area contributed by atoms with Crippen molar-refractivity contribution in [2.24, 2.45) is 0 Å². The van der Waals surface area contributed by atoms with Crippen molar-refractivity contribution in [2.45, 2.75) is 19.8 Å². The van der Waals surface area contributed by atoms with Crippen LogP contribution in [-0.2, 0) is 0 Å². The summed E-state index contributed by atoms with van der Waals surface area (Å²) in [6.07, 6.45) is 7.20. The monoisotopic (exact) mass is 277 g/mol. The highest BCUT2D eigenvalue weighted by Crippen LogP contribution is 2.31.